The summed E-state index contributed by atoms with van der Waals surface area (Å²) in [6.45, 7) is 6.58. The maximum Gasteiger partial charge on any atom is 0.338 e. The number of ether oxygens (including phenoxy) is 1. The summed E-state index contributed by atoms with van der Waals surface area (Å²) in [5.74, 6) is -0.692. The SMILES string of the molecule is CCOC(=O)c1ccc(N2CCN(c3ccccc3F)CC2)c(NC(=O)Nc2ccc(CC)cc2)c1. The van der Waals surface area contributed by atoms with E-state index in [0.717, 1.165) is 12.1 Å². The maximum atomic E-state index is 14.3. The molecule has 4 rings (SSSR count). The second kappa shape index (κ2) is 11.6. The Labute approximate surface area is 210 Å². The smallest absolute Gasteiger partial charge is 0.338 e. The molecule has 188 valence electrons. The number of hydrogen-bond acceptors (Lipinski definition) is 5. The molecule has 0 saturated carbocycles. The average molecular weight is 491 g/mol. The van der Waals surface area contributed by atoms with Crippen molar-refractivity contribution in [2.45, 2.75) is 20.3 Å². The normalized spacial score (nSPS) is 13.3. The van der Waals surface area contributed by atoms with Crippen molar-refractivity contribution >= 4 is 34.7 Å². The van der Waals surface area contributed by atoms with E-state index in [1.54, 1.807) is 31.2 Å². The maximum absolute atomic E-state index is 14.3. The molecule has 2 N–H and O–H groups in total. The van der Waals surface area contributed by atoms with Crippen LogP contribution >= 0.6 is 0 Å². The first-order chi connectivity index (χ1) is 17.5. The minimum Gasteiger partial charge on any atom is -0.462 e. The predicted octanol–water partition coefficient (Wildman–Crippen LogP) is 5.54. The molecule has 0 radical (unpaired) electrons. The fraction of sp³-hybridized carbons (Fsp3) is 0.286. The van der Waals surface area contributed by atoms with Gasteiger partial charge in [-0.3, -0.25) is 0 Å². The Morgan fingerprint density at radius 1 is 0.861 bits per heavy atom. The van der Waals surface area contributed by atoms with Gasteiger partial charge in [0.25, 0.3) is 0 Å². The van der Waals surface area contributed by atoms with Crippen LogP contribution in [0.5, 0.6) is 0 Å². The van der Waals surface area contributed by atoms with Gasteiger partial charge in [0, 0.05) is 31.9 Å². The van der Waals surface area contributed by atoms with Crippen LogP contribution in [-0.4, -0.2) is 44.8 Å². The third-order valence-electron chi connectivity index (χ3n) is 6.19. The summed E-state index contributed by atoms with van der Waals surface area (Å²) < 4.78 is 19.4. The quantitative estimate of drug-likeness (QED) is 0.426. The molecule has 0 unspecified atom stereocenters. The van der Waals surface area contributed by atoms with Crippen LogP contribution < -0.4 is 20.4 Å². The molecule has 1 heterocycles. The molecule has 0 bridgehead atoms. The third kappa shape index (κ3) is 5.94. The number of esters is 1. The third-order valence-corrected chi connectivity index (χ3v) is 6.19. The molecular weight excluding hydrogens is 459 g/mol. The number of hydrogen-bond donors (Lipinski definition) is 2. The summed E-state index contributed by atoms with van der Waals surface area (Å²) in [4.78, 5) is 29.3. The van der Waals surface area contributed by atoms with Crippen LogP contribution in [0, 0.1) is 5.82 Å². The zero-order chi connectivity index (χ0) is 25.5. The van der Waals surface area contributed by atoms with Crippen LogP contribution in [0.15, 0.2) is 66.7 Å². The van der Waals surface area contributed by atoms with E-state index >= 15 is 0 Å². The molecule has 0 spiro atoms. The number of carbonyl (C=O) groups is 2. The first-order valence-corrected chi connectivity index (χ1v) is 12.2. The molecule has 0 aromatic heterocycles. The highest BCUT2D eigenvalue weighted by Gasteiger charge is 2.23. The predicted molar refractivity (Wildman–Crippen MR) is 142 cm³/mol. The van der Waals surface area contributed by atoms with Crippen molar-refractivity contribution in [3.8, 4) is 0 Å². The highest BCUT2D eigenvalue weighted by molar-refractivity contribution is 6.03. The monoisotopic (exact) mass is 490 g/mol. The van der Waals surface area contributed by atoms with Crippen LogP contribution in [0.25, 0.3) is 0 Å². The second-order valence-corrected chi connectivity index (χ2v) is 8.51. The van der Waals surface area contributed by atoms with E-state index in [1.165, 1.54) is 11.6 Å². The van der Waals surface area contributed by atoms with Gasteiger partial charge in [-0.2, -0.15) is 0 Å². The number of nitrogens with one attached hydrogen (secondary N) is 2. The second-order valence-electron chi connectivity index (χ2n) is 8.51. The fourth-order valence-corrected chi connectivity index (χ4v) is 4.26. The molecule has 0 aliphatic carbocycles. The number of piperazine rings is 1. The summed E-state index contributed by atoms with van der Waals surface area (Å²) >= 11 is 0. The van der Waals surface area contributed by atoms with Gasteiger partial charge in [0.15, 0.2) is 0 Å². The van der Waals surface area contributed by atoms with E-state index in [9.17, 15) is 14.0 Å². The van der Waals surface area contributed by atoms with Crippen molar-refractivity contribution in [2.24, 2.45) is 0 Å². The lowest BCUT2D eigenvalue weighted by Crippen LogP contribution is -2.47. The molecule has 7 nitrogen and oxygen atoms in total. The molecule has 36 heavy (non-hydrogen) atoms. The van der Waals surface area contributed by atoms with E-state index in [2.05, 4.69) is 22.5 Å². The summed E-state index contributed by atoms with van der Waals surface area (Å²) in [6.07, 6.45) is 0.917. The number of amides is 2. The largest absolute Gasteiger partial charge is 0.462 e. The minimum atomic E-state index is -0.452. The minimum absolute atomic E-state index is 0.240. The van der Waals surface area contributed by atoms with Crippen molar-refractivity contribution < 1.29 is 18.7 Å². The molecule has 2 amide bonds. The van der Waals surface area contributed by atoms with Crippen molar-refractivity contribution in [1.29, 1.82) is 0 Å². The van der Waals surface area contributed by atoms with Gasteiger partial charge >= 0.3 is 12.0 Å². The fourth-order valence-electron chi connectivity index (χ4n) is 4.26. The van der Waals surface area contributed by atoms with Gasteiger partial charge in [-0.05, 0) is 61.4 Å². The van der Waals surface area contributed by atoms with Crippen molar-refractivity contribution in [1.82, 2.24) is 0 Å². The van der Waals surface area contributed by atoms with Crippen molar-refractivity contribution in [3.05, 3.63) is 83.7 Å². The molecular formula is C28H31FN4O3. The first-order valence-electron chi connectivity index (χ1n) is 12.2. The zero-order valence-corrected chi connectivity index (χ0v) is 20.6. The van der Waals surface area contributed by atoms with Gasteiger partial charge in [0.05, 0.1) is 29.2 Å². The lowest BCUT2D eigenvalue weighted by atomic mass is 10.1. The van der Waals surface area contributed by atoms with E-state index in [4.69, 9.17) is 4.74 Å². The lowest BCUT2D eigenvalue weighted by molar-refractivity contribution is 0.0526. The van der Waals surface area contributed by atoms with Crippen molar-refractivity contribution in [2.75, 3.05) is 53.2 Å². The number of carbonyl (C=O) groups excluding carboxylic acids is 2. The number of urea groups is 1. The zero-order valence-electron chi connectivity index (χ0n) is 20.6. The van der Waals surface area contributed by atoms with Crippen LogP contribution in [0.2, 0.25) is 0 Å². The number of rotatable bonds is 7. The summed E-state index contributed by atoms with van der Waals surface area (Å²) in [7, 11) is 0. The van der Waals surface area contributed by atoms with Gasteiger partial charge in [-0.1, -0.05) is 31.2 Å². The van der Waals surface area contributed by atoms with E-state index in [-0.39, 0.29) is 12.4 Å². The standard InChI is InChI=1S/C28H31FN4O3/c1-3-20-9-12-22(13-10-20)30-28(35)31-24-19-21(27(34)36-4-2)11-14-26(24)33-17-15-32(16-18-33)25-8-6-5-7-23(25)29/h5-14,19H,3-4,15-18H2,1-2H3,(H2,30,31,35). The number of para-hydroxylation sites is 1. The van der Waals surface area contributed by atoms with E-state index < -0.39 is 12.0 Å². The summed E-state index contributed by atoms with van der Waals surface area (Å²) in [5.41, 5.74) is 4.08. The van der Waals surface area contributed by atoms with Crippen molar-refractivity contribution in [3.63, 3.8) is 0 Å². The molecule has 8 heteroatoms. The summed E-state index contributed by atoms with van der Waals surface area (Å²) in [6, 6.07) is 19.1. The van der Waals surface area contributed by atoms with Gasteiger partial charge in [-0.15, -0.1) is 0 Å². The van der Waals surface area contributed by atoms with E-state index in [0.29, 0.717) is 48.8 Å². The lowest BCUT2D eigenvalue weighted by Gasteiger charge is -2.38. The Hall–Kier alpha value is -4.07. The molecule has 1 fully saturated rings. The molecule has 3 aromatic rings. The number of anilines is 4. The number of halogens is 1. The highest BCUT2D eigenvalue weighted by Crippen LogP contribution is 2.30. The molecule has 1 aliphatic rings. The molecule has 1 saturated heterocycles. The Morgan fingerprint density at radius 2 is 1.53 bits per heavy atom. The number of aryl methyl sites for hydroxylation is 1. The Morgan fingerprint density at radius 3 is 2.17 bits per heavy atom. The first kappa shape index (κ1) is 25.0. The Balaban J connectivity index is 1.52. The molecule has 1 aliphatic heterocycles. The van der Waals surface area contributed by atoms with Gasteiger partial charge in [0.1, 0.15) is 5.82 Å². The highest BCUT2D eigenvalue weighted by atomic mass is 19.1. The van der Waals surface area contributed by atoms with Gasteiger partial charge in [0.2, 0.25) is 0 Å². The van der Waals surface area contributed by atoms with Crippen LogP contribution in [-0.2, 0) is 11.2 Å². The molecule has 0 atom stereocenters. The van der Waals surface area contributed by atoms with Gasteiger partial charge < -0.3 is 25.2 Å². The Bertz CT molecular complexity index is 1210. The average Bonchev–Trinajstić information content (AvgIpc) is 2.90. The Kier molecular flexibility index (Phi) is 8.05. The van der Waals surface area contributed by atoms with Crippen LogP contribution in [0.3, 0.4) is 0 Å². The van der Waals surface area contributed by atoms with E-state index in [1.807, 2.05) is 41.3 Å². The summed E-state index contributed by atoms with van der Waals surface area (Å²) in [5, 5.41) is 5.75. The number of nitrogens with zero attached hydrogens (tertiary/aromatic N) is 2. The van der Waals surface area contributed by atoms with Crippen LogP contribution in [0.1, 0.15) is 29.8 Å². The van der Waals surface area contributed by atoms with Gasteiger partial charge in [-0.25, -0.2) is 14.0 Å². The molecule has 3 aromatic carbocycles. The van der Waals surface area contributed by atoms with Crippen LogP contribution in [0.4, 0.5) is 31.9 Å². The number of benzene rings is 3. The topological polar surface area (TPSA) is 73.9 Å².